The van der Waals surface area contributed by atoms with Crippen molar-refractivity contribution in [3.8, 4) is 11.8 Å². The van der Waals surface area contributed by atoms with E-state index in [0.29, 0.717) is 17.4 Å². The van der Waals surface area contributed by atoms with Crippen molar-refractivity contribution in [1.82, 2.24) is 19.8 Å². The second-order valence-corrected chi connectivity index (χ2v) is 11.9. The second-order valence-electron chi connectivity index (χ2n) is 11.9. The molecular formula is C29H31N5O2. The number of hydrogen-bond acceptors (Lipinski definition) is 6. The molecule has 5 atom stereocenters. The van der Waals surface area contributed by atoms with Gasteiger partial charge in [-0.25, -0.2) is 9.97 Å². The fourth-order valence-electron chi connectivity index (χ4n) is 9.06. The van der Waals surface area contributed by atoms with Gasteiger partial charge in [0.05, 0.1) is 18.0 Å². The normalized spacial score (nSPS) is 35.5. The maximum atomic E-state index is 13.7. The number of fused-ring (bicyclic) bond motifs is 3. The van der Waals surface area contributed by atoms with E-state index in [4.69, 9.17) is 4.74 Å². The number of piperidine rings is 1. The molecule has 1 aromatic heterocycles. The van der Waals surface area contributed by atoms with Crippen LogP contribution in [-0.2, 0) is 23.1 Å². The molecule has 1 aromatic carbocycles. The highest BCUT2D eigenvalue weighted by atomic mass is 16.5. The molecule has 9 rings (SSSR count). The van der Waals surface area contributed by atoms with Crippen LogP contribution in [0.4, 0.5) is 0 Å². The summed E-state index contributed by atoms with van der Waals surface area (Å²) >= 11 is 0. The zero-order valence-corrected chi connectivity index (χ0v) is 20.5. The Morgan fingerprint density at radius 2 is 2.00 bits per heavy atom. The third-order valence-corrected chi connectivity index (χ3v) is 10.6. The highest BCUT2D eigenvalue weighted by molar-refractivity contribution is 5.79. The Bertz CT molecular complexity index is 1300. The van der Waals surface area contributed by atoms with Gasteiger partial charge in [0, 0.05) is 47.9 Å². The summed E-state index contributed by atoms with van der Waals surface area (Å²) in [6.07, 6.45) is 11.5. The minimum atomic E-state index is -0.102. The van der Waals surface area contributed by atoms with Crippen LogP contribution in [0.1, 0.15) is 61.0 Å². The van der Waals surface area contributed by atoms with Gasteiger partial charge in [-0.1, -0.05) is 6.07 Å². The Morgan fingerprint density at radius 3 is 2.81 bits per heavy atom. The van der Waals surface area contributed by atoms with Gasteiger partial charge >= 0.3 is 0 Å². The van der Waals surface area contributed by atoms with Crippen LogP contribution >= 0.6 is 0 Å². The molecule has 2 aromatic rings. The Morgan fingerprint density at radius 1 is 1.14 bits per heavy atom. The molecule has 3 aliphatic carbocycles. The van der Waals surface area contributed by atoms with E-state index >= 15 is 0 Å². The second kappa shape index (κ2) is 7.29. The SMILES string of the molecule is N#Cc1ccc2c3c1O[C@H]1[C@H]4CC[C@@]5(CCN4C(=O)Cc4ncccn4)[C@@H](C2)N(CC2CC2)CC[C@]315. The van der Waals surface area contributed by atoms with Crippen LogP contribution in [0.5, 0.6) is 5.75 Å². The first-order valence-corrected chi connectivity index (χ1v) is 13.7. The third kappa shape index (κ3) is 2.58. The lowest BCUT2D eigenvalue weighted by atomic mass is 9.42. The summed E-state index contributed by atoms with van der Waals surface area (Å²) in [5, 5.41) is 9.97. The number of benzene rings is 1. The lowest BCUT2D eigenvalue weighted by Crippen LogP contribution is -2.72. The standard InChI is InChI=1S/C29H31N5O2/c30-16-20-5-4-19-14-22-28-7-6-21(34(13-8-28)24(35)15-23-31-10-1-11-32-23)27-29(28,25(19)26(20)36-27)9-12-33(22)17-18-2-3-18/h1,4-5,10-11,18,21-22,27H,2-3,6-9,12-15,17H2/t21-,22-,27+,28-,29+/m1/s1. The van der Waals surface area contributed by atoms with Gasteiger partial charge in [0.15, 0.2) is 0 Å². The van der Waals surface area contributed by atoms with E-state index in [2.05, 4.69) is 31.9 Å². The number of carbonyl (C=O) groups excluding carboxylic acids is 1. The van der Waals surface area contributed by atoms with Gasteiger partial charge in [-0.3, -0.25) is 9.69 Å². The zero-order valence-electron chi connectivity index (χ0n) is 20.5. The van der Waals surface area contributed by atoms with Crippen molar-refractivity contribution in [2.24, 2.45) is 11.3 Å². The topological polar surface area (TPSA) is 82.3 Å². The number of nitrogens with zero attached hydrogens (tertiary/aromatic N) is 5. The number of rotatable bonds is 4. The van der Waals surface area contributed by atoms with Crippen molar-refractivity contribution in [3.63, 3.8) is 0 Å². The van der Waals surface area contributed by atoms with Gasteiger partial charge in [-0.15, -0.1) is 0 Å². The van der Waals surface area contributed by atoms with E-state index in [1.54, 1.807) is 18.5 Å². The van der Waals surface area contributed by atoms with Crippen LogP contribution in [-0.4, -0.2) is 63.5 Å². The summed E-state index contributed by atoms with van der Waals surface area (Å²) in [6.45, 7) is 3.08. The van der Waals surface area contributed by atoms with Gasteiger partial charge in [0.25, 0.3) is 0 Å². The maximum Gasteiger partial charge on any atom is 0.230 e. The molecule has 0 radical (unpaired) electrons. The van der Waals surface area contributed by atoms with E-state index in [9.17, 15) is 10.1 Å². The van der Waals surface area contributed by atoms with Gasteiger partial charge < -0.3 is 9.64 Å². The predicted octanol–water partition coefficient (Wildman–Crippen LogP) is 3.01. The van der Waals surface area contributed by atoms with Crippen molar-refractivity contribution in [2.45, 2.75) is 75.0 Å². The Balaban J connectivity index is 1.26. The highest BCUT2D eigenvalue weighted by Crippen LogP contribution is 2.71. The van der Waals surface area contributed by atoms with Crippen molar-refractivity contribution in [1.29, 1.82) is 5.26 Å². The van der Waals surface area contributed by atoms with Crippen LogP contribution in [0.2, 0.25) is 0 Å². The van der Waals surface area contributed by atoms with Gasteiger partial charge in [-0.2, -0.15) is 5.26 Å². The van der Waals surface area contributed by atoms with Crippen molar-refractivity contribution < 1.29 is 9.53 Å². The molecule has 2 spiro atoms. The summed E-state index contributed by atoms with van der Waals surface area (Å²) in [6, 6.07) is 8.88. The van der Waals surface area contributed by atoms with E-state index in [1.165, 1.54) is 30.5 Å². The van der Waals surface area contributed by atoms with Crippen LogP contribution in [0.15, 0.2) is 30.6 Å². The van der Waals surface area contributed by atoms with E-state index in [-0.39, 0.29) is 35.3 Å². The van der Waals surface area contributed by atoms with E-state index < -0.39 is 0 Å². The third-order valence-electron chi connectivity index (χ3n) is 10.6. The minimum absolute atomic E-state index is 0.0253. The van der Waals surface area contributed by atoms with Crippen LogP contribution in [0, 0.1) is 22.7 Å². The lowest BCUT2D eigenvalue weighted by molar-refractivity contribution is -0.143. The number of likely N-dealkylation sites (tertiary alicyclic amines) is 1. The van der Waals surface area contributed by atoms with Gasteiger partial charge in [0.2, 0.25) is 5.91 Å². The molecule has 7 nitrogen and oxygen atoms in total. The molecule has 5 fully saturated rings. The summed E-state index contributed by atoms with van der Waals surface area (Å²) in [4.78, 5) is 27.3. The predicted molar refractivity (Wildman–Crippen MR) is 131 cm³/mol. The van der Waals surface area contributed by atoms with Crippen LogP contribution < -0.4 is 4.74 Å². The molecule has 0 unspecified atom stereocenters. The Labute approximate surface area is 211 Å². The average molecular weight is 482 g/mol. The molecule has 4 aliphatic heterocycles. The molecular weight excluding hydrogens is 450 g/mol. The number of amides is 1. The number of carbonyl (C=O) groups is 1. The Kier molecular flexibility index (Phi) is 4.28. The van der Waals surface area contributed by atoms with Crippen molar-refractivity contribution in [3.05, 3.63) is 53.1 Å². The highest BCUT2D eigenvalue weighted by Gasteiger charge is 2.74. The van der Waals surface area contributed by atoms with Crippen molar-refractivity contribution >= 4 is 5.91 Å². The molecule has 0 N–H and O–H groups in total. The number of ether oxygens (including phenoxy) is 1. The van der Waals surface area contributed by atoms with Crippen LogP contribution in [0.25, 0.3) is 0 Å². The summed E-state index contributed by atoms with van der Waals surface area (Å²) < 4.78 is 6.90. The van der Waals surface area contributed by atoms with Gasteiger partial charge in [-0.05, 0) is 75.1 Å². The average Bonchev–Trinajstić information content (AvgIpc) is 3.69. The van der Waals surface area contributed by atoms with E-state index in [1.807, 2.05) is 6.07 Å². The minimum Gasteiger partial charge on any atom is -0.486 e. The molecule has 4 bridgehead atoms. The fourth-order valence-corrected chi connectivity index (χ4v) is 9.06. The Hall–Kier alpha value is -2.98. The molecule has 184 valence electrons. The number of hydrogen-bond donors (Lipinski definition) is 0. The van der Waals surface area contributed by atoms with Gasteiger partial charge in [0.1, 0.15) is 23.7 Å². The first-order valence-electron chi connectivity index (χ1n) is 13.7. The quantitative estimate of drug-likeness (QED) is 0.668. The molecule has 7 aliphatic rings. The molecule has 1 amide bonds. The van der Waals surface area contributed by atoms with Crippen LogP contribution in [0.3, 0.4) is 0 Å². The molecule has 2 saturated carbocycles. The zero-order chi connectivity index (χ0) is 24.1. The first kappa shape index (κ1) is 21.1. The monoisotopic (exact) mass is 481 g/mol. The summed E-state index contributed by atoms with van der Waals surface area (Å²) in [5.74, 6) is 2.36. The summed E-state index contributed by atoms with van der Waals surface area (Å²) in [5.41, 5.74) is 3.35. The molecule has 5 heterocycles. The maximum absolute atomic E-state index is 13.7. The molecule has 7 heteroatoms. The smallest absolute Gasteiger partial charge is 0.230 e. The largest absolute Gasteiger partial charge is 0.486 e. The first-order chi connectivity index (χ1) is 17.6. The number of nitriles is 1. The van der Waals surface area contributed by atoms with Crippen molar-refractivity contribution in [2.75, 3.05) is 19.6 Å². The lowest BCUT2D eigenvalue weighted by Gasteiger charge is -2.66. The molecule has 3 saturated heterocycles. The molecule has 36 heavy (non-hydrogen) atoms. The van der Waals surface area contributed by atoms with E-state index in [0.717, 1.165) is 56.9 Å². The fraction of sp³-hybridized carbons (Fsp3) is 0.586. The summed E-state index contributed by atoms with van der Waals surface area (Å²) in [7, 11) is 0. The number of aromatic nitrogens is 2.